The summed E-state index contributed by atoms with van der Waals surface area (Å²) < 4.78 is 14.2. The molecule has 0 spiro atoms. The second-order valence-electron chi connectivity index (χ2n) is 6.09. The highest BCUT2D eigenvalue weighted by molar-refractivity contribution is 7.22. The molecule has 2 aromatic carbocycles. The van der Waals surface area contributed by atoms with Gasteiger partial charge in [-0.2, -0.15) is 0 Å². The fourth-order valence-electron chi connectivity index (χ4n) is 2.57. The quantitative estimate of drug-likeness (QED) is 0.620. The van der Waals surface area contributed by atoms with E-state index in [9.17, 15) is 9.18 Å². The van der Waals surface area contributed by atoms with Crippen molar-refractivity contribution < 1.29 is 9.18 Å². The fourth-order valence-corrected chi connectivity index (χ4v) is 3.58. The standard InChI is InChI=1S/C19H20FN3OS.ClH/c1-22(2)11-6-12-23(18(24)14-7-4-3-5-8-14)19-21-16-10-9-15(20)13-17(16)25-19;/h3-5,7-10,13H,6,11-12H2,1-2H3;1H. The van der Waals surface area contributed by atoms with E-state index in [1.807, 2.05) is 32.3 Å². The van der Waals surface area contributed by atoms with E-state index >= 15 is 0 Å². The number of hydrogen-bond donors (Lipinski definition) is 0. The van der Waals surface area contributed by atoms with Gasteiger partial charge in [-0.3, -0.25) is 9.69 Å². The summed E-state index contributed by atoms with van der Waals surface area (Å²) in [6.45, 7) is 1.44. The van der Waals surface area contributed by atoms with Gasteiger partial charge in [0.2, 0.25) is 0 Å². The van der Waals surface area contributed by atoms with Crippen molar-refractivity contribution in [2.75, 3.05) is 32.1 Å². The third kappa shape index (κ3) is 4.78. The Morgan fingerprint density at radius 2 is 1.85 bits per heavy atom. The van der Waals surface area contributed by atoms with Crippen molar-refractivity contribution in [1.29, 1.82) is 0 Å². The highest BCUT2D eigenvalue weighted by Crippen LogP contribution is 2.30. The average molecular weight is 394 g/mol. The van der Waals surface area contributed by atoms with Gasteiger partial charge in [0.1, 0.15) is 5.82 Å². The van der Waals surface area contributed by atoms with Crippen LogP contribution in [0.2, 0.25) is 0 Å². The van der Waals surface area contributed by atoms with Crippen LogP contribution in [0.25, 0.3) is 10.2 Å². The van der Waals surface area contributed by atoms with Gasteiger partial charge in [0, 0.05) is 12.1 Å². The lowest BCUT2D eigenvalue weighted by molar-refractivity contribution is 0.0986. The van der Waals surface area contributed by atoms with Crippen molar-refractivity contribution in [3.05, 3.63) is 59.9 Å². The molecular formula is C19H21ClFN3OS. The SMILES string of the molecule is CN(C)CCCN(C(=O)c1ccccc1)c1nc2ccc(F)cc2s1.Cl. The summed E-state index contributed by atoms with van der Waals surface area (Å²) in [5.74, 6) is -0.380. The van der Waals surface area contributed by atoms with Gasteiger partial charge in [-0.15, -0.1) is 12.4 Å². The molecule has 26 heavy (non-hydrogen) atoms. The Labute approximate surface area is 162 Å². The maximum atomic E-state index is 13.5. The molecule has 0 saturated heterocycles. The lowest BCUT2D eigenvalue weighted by Crippen LogP contribution is -2.33. The van der Waals surface area contributed by atoms with E-state index in [2.05, 4.69) is 9.88 Å². The number of carbonyl (C=O) groups excluding carboxylic acids is 1. The number of nitrogens with zero attached hydrogens (tertiary/aromatic N) is 3. The Kier molecular flexibility index (Phi) is 7.08. The van der Waals surface area contributed by atoms with E-state index in [1.165, 1.54) is 23.5 Å². The minimum Gasteiger partial charge on any atom is -0.309 e. The molecule has 1 amide bonds. The molecule has 0 N–H and O–H groups in total. The van der Waals surface area contributed by atoms with Gasteiger partial charge >= 0.3 is 0 Å². The third-order valence-corrected chi connectivity index (χ3v) is 4.86. The summed E-state index contributed by atoms with van der Waals surface area (Å²) in [5, 5.41) is 0.605. The normalized spacial score (nSPS) is 10.8. The van der Waals surface area contributed by atoms with Gasteiger partial charge in [-0.1, -0.05) is 29.5 Å². The van der Waals surface area contributed by atoms with Crippen LogP contribution >= 0.6 is 23.7 Å². The van der Waals surface area contributed by atoms with Crippen molar-refractivity contribution in [1.82, 2.24) is 9.88 Å². The summed E-state index contributed by atoms with van der Waals surface area (Å²) in [6, 6.07) is 13.7. The monoisotopic (exact) mass is 393 g/mol. The number of benzene rings is 2. The number of amides is 1. The summed E-state index contributed by atoms with van der Waals surface area (Å²) in [7, 11) is 4.01. The molecule has 0 fully saturated rings. The predicted octanol–water partition coefficient (Wildman–Crippen LogP) is 4.46. The maximum Gasteiger partial charge on any atom is 0.260 e. The van der Waals surface area contributed by atoms with Crippen LogP contribution in [0.15, 0.2) is 48.5 Å². The number of hydrogen-bond acceptors (Lipinski definition) is 4. The zero-order chi connectivity index (χ0) is 17.8. The third-order valence-electron chi connectivity index (χ3n) is 3.82. The molecule has 0 aliphatic rings. The van der Waals surface area contributed by atoms with Crippen LogP contribution in [0.4, 0.5) is 9.52 Å². The zero-order valence-corrected chi connectivity index (χ0v) is 16.3. The second-order valence-corrected chi connectivity index (χ2v) is 7.10. The average Bonchev–Trinajstić information content (AvgIpc) is 3.01. The Morgan fingerprint density at radius 1 is 1.12 bits per heavy atom. The van der Waals surface area contributed by atoms with Gasteiger partial charge < -0.3 is 4.90 Å². The van der Waals surface area contributed by atoms with Gasteiger partial charge in [0.25, 0.3) is 5.91 Å². The Morgan fingerprint density at radius 3 is 2.54 bits per heavy atom. The first-order chi connectivity index (χ1) is 12.0. The van der Waals surface area contributed by atoms with Gasteiger partial charge in [0.05, 0.1) is 10.2 Å². The molecule has 7 heteroatoms. The molecule has 0 saturated carbocycles. The minimum absolute atomic E-state index is 0. The topological polar surface area (TPSA) is 36.4 Å². The lowest BCUT2D eigenvalue weighted by atomic mass is 10.2. The number of anilines is 1. The van der Waals surface area contributed by atoms with E-state index in [0.717, 1.165) is 17.7 Å². The largest absolute Gasteiger partial charge is 0.309 e. The number of thiazole rings is 1. The molecule has 0 aliphatic heterocycles. The first-order valence-corrected chi connectivity index (χ1v) is 8.94. The Balaban J connectivity index is 0.00000243. The van der Waals surface area contributed by atoms with Crippen molar-refractivity contribution in [2.24, 2.45) is 0 Å². The van der Waals surface area contributed by atoms with Gasteiger partial charge in [-0.05, 0) is 57.4 Å². The van der Waals surface area contributed by atoms with Crippen molar-refractivity contribution in [3.63, 3.8) is 0 Å². The van der Waals surface area contributed by atoms with Crippen LogP contribution < -0.4 is 4.90 Å². The van der Waals surface area contributed by atoms with Crippen LogP contribution in [-0.2, 0) is 0 Å². The van der Waals surface area contributed by atoms with Crippen LogP contribution in [0.1, 0.15) is 16.8 Å². The molecule has 1 heterocycles. The molecule has 0 atom stereocenters. The first-order valence-electron chi connectivity index (χ1n) is 8.12. The smallest absolute Gasteiger partial charge is 0.260 e. The second kappa shape index (κ2) is 9.07. The van der Waals surface area contributed by atoms with E-state index in [4.69, 9.17) is 0 Å². The van der Waals surface area contributed by atoms with Gasteiger partial charge in [0.15, 0.2) is 5.13 Å². The highest BCUT2D eigenvalue weighted by Gasteiger charge is 2.21. The van der Waals surface area contributed by atoms with E-state index in [0.29, 0.717) is 22.8 Å². The first kappa shape index (κ1) is 20.3. The van der Waals surface area contributed by atoms with Gasteiger partial charge in [-0.25, -0.2) is 9.37 Å². The molecule has 0 aliphatic carbocycles. The number of halogens is 2. The van der Waals surface area contributed by atoms with Crippen LogP contribution in [-0.4, -0.2) is 43.0 Å². The Bertz CT molecular complexity index is 870. The molecule has 1 aromatic heterocycles. The fraction of sp³-hybridized carbons (Fsp3) is 0.263. The highest BCUT2D eigenvalue weighted by atomic mass is 35.5. The van der Waals surface area contributed by atoms with E-state index < -0.39 is 0 Å². The molecule has 138 valence electrons. The number of fused-ring (bicyclic) bond motifs is 1. The summed E-state index contributed by atoms with van der Waals surface area (Å²) >= 11 is 1.34. The molecule has 3 rings (SSSR count). The molecule has 4 nitrogen and oxygen atoms in total. The maximum absolute atomic E-state index is 13.5. The zero-order valence-electron chi connectivity index (χ0n) is 14.7. The number of aromatic nitrogens is 1. The molecule has 3 aromatic rings. The molecular weight excluding hydrogens is 373 g/mol. The Hall–Kier alpha value is -2.02. The molecule has 0 bridgehead atoms. The molecule has 0 radical (unpaired) electrons. The summed E-state index contributed by atoms with van der Waals surface area (Å²) in [4.78, 5) is 21.3. The minimum atomic E-state index is -0.295. The van der Waals surface area contributed by atoms with Crippen LogP contribution in [0.3, 0.4) is 0 Å². The lowest BCUT2D eigenvalue weighted by Gasteiger charge is -2.21. The number of rotatable bonds is 6. The number of carbonyl (C=O) groups is 1. The van der Waals surface area contributed by atoms with Crippen LogP contribution in [0, 0.1) is 5.82 Å². The van der Waals surface area contributed by atoms with Crippen molar-refractivity contribution in [2.45, 2.75) is 6.42 Å². The predicted molar refractivity (Wildman–Crippen MR) is 108 cm³/mol. The van der Waals surface area contributed by atoms with E-state index in [-0.39, 0.29) is 24.1 Å². The van der Waals surface area contributed by atoms with Crippen molar-refractivity contribution >= 4 is 45.0 Å². The van der Waals surface area contributed by atoms with Crippen molar-refractivity contribution in [3.8, 4) is 0 Å². The van der Waals surface area contributed by atoms with Crippen LogP contribution in [0.5, 0.6) is 0 Å². The molecule has 0 unspecified atom stereocenters. The summed E-state index contributed by atoms with van der Waals surface area (Å²) in [5.41, 5.74) is 1.33. The summed E-state index contributed by atoms with van der Waals surface area (Å²) in [6.07, 6.45) is 0.829. The van der Waals surface area contributed by atoms with E-state index in [1.54, 1.807) is 23.1 Å².